The Labute approximate surface area is 129 Å². The van der Waals surface area contributed by atoms with Crippen molar-refractivity contribution in [2.45, 2.75) is 26.9 Å². The highest BCUT2D eigenvalue weighted by Gasteiger charge is 2.17. The van der Waals surface area contributed by atoms with Crippen molar-refractivity contribution in [2.75, 3.05) is 6.54 Å². The molecule has 2 N–H and O–H groups in total. The fourth-order valence-corrected chi connectivity index (χ4v) is 2.07. The zero-order valence-corrected chi connectivity index (χ0v) is 12.8. The minimum atomic E-state index is -0.335. The molecular formula is C17H20N2O3. The minimum absolute atomic E-state index is 0.0620. The first kappa shape index (κ1) is 15.8. The molecule has 5 heteroatoms. The van der Waals surface area contributed by atoms with E-state index in [9.17, 15) is 9.59 Å². The molecule has 116 valence electrons. The van der Waals surface area contributed by atoms with Gasteiger partial charge in [-0.3, -0.25) is 9.59 Å². The number of benzene rings is 1. The molecule has 0 bridgehead atoms. The van der Waals surface area contributed by atoms with Crippen molar-refractivity contribution in [3.63, 3.8) is 0 Å². The number of ether oxygens (including phenoxy) is 1. The molecule has 1 aromatic heterocycles. The average Bonchev–Trinajstić information content (AvgIpc) is 2.54. The van der Waals surface area contributed by atoms with Gasteiger partial charge in [-0.15, -0.1) is 0 Å². The van der Waals surface area contributed by atoms with Crippen LogP contribution in [0.5, 0.6) is 5.75 Å². The van der Waals surface area contributed by atoms with Crippen molar-refractivity contribution in [1.29, 1.82) is 0 Å². The lowest BCUT2D eigenvalue weighted by Gasteiger charge is -2.12. The van der Waals surface area contributed by atoms with Gasteiger partial charge in [-0.25, -0.2) is 0 Å². The Kier molecular flexibility index (Phi) is 5.36. The van der Waals surface area contributed by atoms with Gasteiger partial charge in [-0.05, 0) is 18.9 Å². The third kappa shape index (κ3) is 3.75. The second kappa shape index (κ2) is 7.45. The summed E-state index contributed by atoms with van der Waals surface area (Å²) in [6.07, 6.45) is 0.639. The first-order valence-corrected chi connectivity index (χ1v) is 7.36. The van der Waals surface area contributed by atoms with Crippen molar-refractivity contribution in [3.8, 4) is 5.75 Å². The minimum Gasteiger partial charge on any atom is -0.483 e. The number of H-pyrrole nitrogens is 1. The lowest BCUT2D eigenvalue weighted by atomic mass is 10.2. The van der Waals surface area contributed by atoms with E-state index < -0.39 is 0 Å². The first-order valence-electron chi connectivity index (χ1n) is 7.36. The lowest BCUT2D eigenvalue weighted by Crippen LogP contribution is -2.27. The summed E-state index contributed by atoms with van der Waals surface area (Å²) in [4.78, 5) is 27.3. The van der Waals surface area contributed by atoms with Gasteiger partial charge >= 0.3 is 0 Å². The summed E-state index contributed by atoms with van der Waals surface area (Å²) in [5, 5.41) is 2.69. The van der Waals surface area contributed by atoms with E-state index in [2.05, 4.69) is 10.3 Å². The van der Waals surface area contributed by atoms with Crippen LogP contribution in [0.1, 0.15) is 35.6 Å². The molecule has 1 heterocycles. The summed E-state index contributed by atoms with van der Waals surface area (Å²) < 4.78 is 5.62. The summed E-state index contributed by atoms with van der Waals surface area (Å²) in [6, 6.07) is 11.0. The number of aromatic nitrogens is 1. The number of carbonyl (C=O) groups is 1. The third-order valence-electron chi connectivity index (χ3n) is 3.21. The zero-order chi connectivity index (χ0) is 15.9. The summed E-state index contributed by atoms with van der Waals surface area (Å²) in [5.74, 6) is -0.273. The topological polar surface area (TPSA) is 71.2 Å². The van der Waals surface area contributed by atoms with Crippen LogP contribution in [-0.4, -0.2) is 17.4 Å². The highest BCUT2D eigenvalue weighted by molar-refractivity contribution is 5.94. The molecule has 0 saturated heterocycles. The number of hydrogen-bond acceptors (Lipinski definition) is 3. The smallest absolute Gasteiger partial charge is 0.271 e. The standard InChI is InChI=1S/C17H20N2O3/c1-3-13-10-14(20)16(15(19-13)17(21)18-4-2)22-11-12-8-6-5-7-9-12/h5-10H,3-4,11H2,1-2H3,(H,18,21)(H,19,20). The molecule has 0 atom stereocenters. The molecule has 0 radical (unpaired) electrons. The molecule has 0 fully saturated rings. The van der Waals surface area contributed by atoms with Crippen LogP contribution in [0, 0.1) is 0 Å². The Balaban J connectivity index is 2.32. The molecule has 0 aliphatic carbocycles. The number of rotatable bonds is 6. The molecule has 0 aliphatic rings. The van der Waals surface area contributed by atoms with Crippen molar-refractivity contribution in [1.82, 2.24) is 10.3 Å². The van der Waals surface area contributed by atoms with Gasteiger partial charge in [-0.2, -0.15) is 0 Å². The van der Waals surface area contributed by atoms with Crippen LogP contribution in [-0.2, 0) is 13.0 Å². The van der Waals surface area contributed by atoms with Crippen molar-refractivity contribution >= 4 is 5.91 Å². The number of pyridine rings is 1. The van der Waals surface area contributed by atoms with Gasteiger partial charge in [0.25, 0.3) is 5.91 Å². The molecule has 0 unspecified atom stereocenters. The molecule has 22 heavy (non-hydrogen) atoms. The Morgan fingerprint density at radius 3 is 2.59 bits per heavy atom. The molecule has 2 rings (SSSR count). The van der Waals surface area contributed by atoms with Gasteiger partial charge in [0, 0.05) is 18.3 Å². The SMILES string of the molecule is CCNC(=O)c1[nH]c(CC)cc(=O)c1OCc1ccccc1. The molecule has 0 aliphatic heterocycles. The van der Waals surface area contributed by atoms with Crippen LogP contribution >= 0.6 is 0 Å². The van der Waals surface area contributed by atoms with E-state index in [1.807, 2.05) is 44.2 Å². The van der Waals surface area contributed by atoms with Crippen LogP contribution in [0.4, 0.5) is 0 Å². The summed E-state index contributed by atoms with van der Waals surface area (Å²) in [7, 11) is 0. The van der Waals surface area contributed by atoms with Crippen molar-refractivity contribution < 1.29 is 9.53 Å². The number of amides is 1. The molecular weight excluding hydrogens is 280 g/mol. The van der Waals surface area contributed by atoms with Gasteiger partial charge < -0.3 is 15.0 Å². The van der Waals surface area contributed by atoms with Gasteiger partial charge in [-0.1, -0.05) is 37.3 Å². The molecule has 1 amide bonds. The monoisotopic (exact) mass is 300 g/mol. The maximum Gasteiger partial charge on any atom is 0.271 e. The maximum absolute atomic E-state index is 12.2. The second-order valence-corrected chi connectivity index (χ2v) is 4.85. The summed E-state index contributed by atoms with van der Waals surface area (Å²) in [5.41, 5.74) is 1.54. The first-order chi connectivity index (χ1) is 10.7. The van der Waals surface area contributed by atoms with Crippen molar-refractivity contribution in [3.05, 3.63) is 63.6 Å². The second-order valence-electron chi connectivity index (χ2n) is 4.85. The molecule has 2 aromatic rings. The number of nitrogens with one attached hydrogen (secondary N) is 2. The van der Waals surface area contributed by atoms with Crippen LogP contribution < -0.4 is 15.5 Å². The molecule has 0 saturated carbocycles. The highest BCUT2D eigenvalue weighted by atomic mass is 16.5. The Hall–Kier alpha value is -2.56. The van der Waals surface area contributed by atoms with E-state index >= 15 is 0 Å². The predicted molar refractivity (Wildman–Crippen MR) is 85.2 cm³/mol. The Morgan fingerprint density at radius 1 is 1.23 bits per heavy atom. The lowest BCUT2D eigenvalue weighted by molar-refractivity contribution is 0.0945. The quantitative estimate of drug-likeness (QED) is 0.859. The highest BCUT2D eigenvalue weighted by Crippen LogP contribution is 2.14. The fourth-order valence-electron chi connectivity index (χ4n) is 2.07. The number of hydrogen-bond donors (Lipinski definition) is 2. The number of aromatic amines is 1. The van der Waals surface area contributed by atoms with Gasteiger partial charge in [0.2, 0.25) is 5.43 Å². The van der Waals surface area contributed by atoms with Crippen LogP contribution in [0.25, 0.3) is 0 Å². The van der Waals surface area contributed by atoms with Crippen LogP contribution in [0.15, 0.2) is 41.2 Å². The Bertz CT molecular complexity index is 693. The van der Waals surface area contributed by atoms with E-state index in [4.69, 9.17) is 4.74 Å². The van der Waals surface area contributed by atoms with Gasteiger partial charge in [0.05, 0.1) is 0 Å². The van der Waals surface area contributed by atoms with Crippen LogP contribution in [0.3, 0.4) is 0 Å². The van der Waals surface area contributed by atoms with E-state index in [0.717, 1.165) is 5.56 Å². The van der Waals surface area contributed by atoms with Gasteiger partial charge in [0.1, 0.15) is 6.61 Å². The average molecular weight is 300 g/mol. The normalized spacial score (nSPS) is 10.3. The van der Waals surface area contributed by atoms with Crippen LogP contribution in [0.2, 0.25) is 0 Å². The van der Waals surface area contributed by atoms with E-state index in [-0.39, 0.29) is 29.4 Å². The van der Waals surface area contributed by atoms with E-state index in [0.29, 0.717) is 18.7 Å². The predicted octanol–water partition coefficient (Wildman–Crippen LogP) is 2.27. The molecule has 1 aromatic carbocycles. The summed E-state index contributed by atoms with van der Waals surface area (Å²) >= 11 is 0. The molecule has 5 nitrogen and oxygen atoms in total. The molecule has 0 spiro atoms. The number of carbonyl (C=O) groups excluding carboxylic acids is 1. The maximum atomic E-state index is 12.2. The summed E-state index contributed by atoms with van der Waals surface area (Å²) in [6.45, 7) is 4.46. The van der Waals surface area contributed by atoms with E-state index in [1.54, 1.807) is 0 Å². The van der Waals surface area contributed by atoms with Gasteiger partial charge in [0.15, 0.2) is 11.4 Å². The fraction of sp³-hybridized carbons (Fsp3) is 0.294. The zero-order valence-electron chi connectivity index (χ0n) is 12.8. The third-order valence-corrected chi connectivity index (χ3v) is 3.21. The Morgan fingerprint density at radius 2 is 1.95 bits per heavy atom. The van der Waals surface area contributed by atoms with E-state index in [1.165, 1.54) is 6.07 Å². The van der Waals surface area contributed by atoms with Crippen molar-refractivity contribution in [2.24, 2.45) is 0 Å². The number of aryl methyl sites for hydroxylation is 1. The largest absolute Gasteiger partial charge is 0.483 e.